The molecular formula is C12H8GaN3. The number of pyridine rings is 1. The average Bonchev–Trinajstić information content (AvgIpc) is 2.75. The second kappa shape index (κ2) is 3.81. The van der Waals surface area contributed by atoms with Gasteiger partial charge in [-0.3, -0.25) is 0 Å². The molecule has 0 fully saturated rings. The molecule has 3 rings (SSSR count). The van der Waals surface area contributed by atoms with Gasteiger partial charge in [0.15, 0.2) is 0 Å². The Labute approximate surface area is 103 Å². The molecule has 0 atom stereocenters. The molecule has 74 valence electrons. The van der Waals surface area contributed by atoms with Crippen molar-refractivity contribution in [2.45, 2.75) is 0 Å². The molecular weight excluding hydrogens is 256 g/mol. The van der Waals surface area contributed by atoms with Crippen molar-refractivity contribution in [1.29, 1.82) is 0 Å². The fourth-order valence-corrected chi connectivity index (χ4v) is 2.35. The number of hydrogen-bond donors (Lipinski definition) is 0. The molecule has 0 spiro atoms. The zero-order chi connectivity index (χ0) is 11.0. The van der Waals surface area contributed by atoms with Crippen molar-refractivity contribution < 1.29 is 0 Å². The van der Waals surface area contributed by atoms with Crippen LogP contribution in [0.1, 0.15) is 0 Å². The molecule has 2 heterocycles. The summed E-state index contributed by atoms with van der Waals surface area (Å²) in [4.78, 5) is 8.79. The molecule has 0 bridgehead atoms. The number of fused-ring (bicyclic) bond motifs is 1. The van der Waals surface area contributed by atoms with E-state index in [2.05, 4.69) is 22.1 Å². The summed E-state index contributed by atoms with van der Waals surface area (Å²) in [5.74, 6) is 0.928. The number of hydrogen-bond acceptors (Lipinski definition) is 2. The van der Waals surface area contributed by atoms with Crippen molar-refractivity contribution in [3.05, 3.63) is 48.9 Å². The van der Waals surface area contributed by atoms with Crippen LogP contribution in [0, 0.1) is 0 Å². The van der Waals surface area contributed by atoms with Crippen molar-refractivity contribution in [2.24, 2.45) is 0 Å². The minimum atomic E-state index is 0.928. The maximum atomic E-state index is 4.44. The summed E-state index contributed by atoms with van der Waals surface area (Å²) in [7, 11) is 0. The Morgan fingerprint density at radius 3 is 2.69 bits per heavy atom. The molecule has 3 nitrogen and oxygen atoms in total. The van der Waals surface area contributed by atoms with Crippen LogP contribution in [0.5, 0.6) is 0 Å². The second-order valence-corrected chi connectivity index (χ2v) is 4.71. The van der Waals surface area contributed by atoms with Gasteiger partial charge in [0.25, 0.3) is 0 Å². The SMILES string of the molecule is [Ga][n]1ccnc1-c1nccc2ccccc12. The van der Waals surface area contributed by atoms with Crippen LogP contribution in [0.2, 0.25) is 0 Å². The van der Waals surface area contributed by atoms with E-state index in [4.69, 9.17) is 0 Å². The summed E-state index contributed by atoms with van der Waals surface area (Å²) in [6.45, 7) is 0. The molecule has 16 heavy (non-hydrogen) atoms. The average molecular weight is 264 g/mol. The van der Waals surface area contributed by atoms with Gasteiger partial charge in [-0.2, -0.15) is 0 Å². The third-order valence-corrected chi connectivity index (χ3v) is 3.43. The molecule has 0 aliphatic heterocycles. The molecule has 1 aromatic carbocycles. The molecule has 0 saturated carbocycles. The maximum absolute atomic E-state index is 4.44. The monoisotopic (exact) mass is 263 g/mol. The van der Waals surface area contributed by atoms with E-state index >= 15 is 0 Å². The Kier molecular flexibility index (Phi) is 2.30. The first-order chi connectivity index (χ1) is 7.86. The zero-order valence-electron chi connectivity index (χ0n) is 8.54. The number of nitrogens with zero attached hydrogens (tertiary/aromatic N) is 3. The number of aromatic nitrogens is 3. The molecule has 3 aromatic rings. The van der Waals surface area contributed by atoms with Crippen LogP contribution < -0.4 is 0 Å². The Morgan fingerprint density at radius 2 is 1.88 bits per heavy atom. The minimum absolute atomic E-state index is 0.928. The van der Waals surface area contributed by atoms with Gasteiger partial charge in [-0.1, -0.05) is 0 Å². The van der Waals surface area contributed by atoms with Crippen molar-refractivity contribution in [3.8, 4) is 11.5 Å². The van der Waals surface area contributed by atoms with Gasteiger partial charge in [0, 0.05) is 0 Å². The summed E-state index contributed by atoms with van der Waals surface area (Å²) in [6.07, 6.45) is 5.60. The first-order valence-electron chi connectivity index (χ1n) is 4.99. The molecule has 0 amide bonds. The van der Waals surface area contributed by atoms with E-state index < -0.39 is 0 Å². The van der Waals surface area contributed by atoms with Gasteiger partial charge in [-0.25, -0.2) is 0 Å². The third-order valence-electron chi connectivity index (χ3n) is 2.55. The van der Waals surface area contributed by atoms with Crippen molar-refractivity contribution >= 4 is 29.6 Å². The van der Waals surface area contributed by atoms with Crippen molar-refractivity contribution in [3.63, 3.8) is 0 Å². The van der Waals surface area contributed by atoms with Crippen molar-refractivity contribution in [1.82, 2.24) is 13.2 Å². The van der Waals surface area contributed by atoms with E-state index in [0.29, 0.717) is 0 Å². The predicted octanol–water partition coefficient (Wildman–Crippen LogP) is 2.03. The number of benzene rings is 1. The Bertz CT molecular complexity index is 640. The normalized spacial score (nSPS) is 10.8. The van der Waals surface area contributed by atoms with Gasteiger partial charge in [-0.15, -0.1) is 0 Å². The fraction of sp³-hybridized carbons (Fsp3) is 0. The van der Waals surface area contributed by atoms with Gasteiger partial charge in [0.05, 0.1) is 0 Å². The van der Waals surface area contributed by atoms with E-state index in [-0.39, 0.29) is 0 Å². The zero-order valence-corrected chi connectivity index (χ0v) is 11.0. The molecule has 0 saturated heterocycles. The van der Waals surface area contributed by atoms with E-state index in [0.717, 1.165) is 16.9 Å². The van der Waals surface area contributed by atoms with Crippen LogP contribution in [0.25, 0.3) is 22.3 Å². The van der Waals surface area contributed by atoms with Gasteiger partial charge >= 0.3 is 103 Å². The fourth-order valence-electron chi connectivity index (χ4n) is 1.79. The molecule has 0 aliphatic rings. The van der Waals surface area contributed by atoms with Gasteiger partial charge in [0.1, 0.15) is 0 Å². The van der Waals surface area contributed by atoms with E-state index in [9.17, 15) is 0 Å². The predicted molar refractivity (Wildman–Crippen MR) is 64.1 cm³/mol. The molecule has 2 aromatic heterocycles. The van der Waals surface area contributed by atoms with Crippen LogP contribution >= 0.6 is 0 Å². The Balaban J connectivity index is 2.36. The van der Waals surface area contributed by atoms with Crippen LogP contribution in [-0.2, 0) is 0 Å². The van der Waals surface area contributed by atoms with Gasteiger partial charge in [0.2, 0.25) is 0 Å². The summed E-state index contributed by atoms with van der Waals surface area (Å²) < 4.78 is 2.04. The Morgan fingerprint density at radius 1 is 1.00 bits per heavy atom. The first kappa shape index (κ1) is 9.68. The Hall–Kier alpha value is -1.52. The summed E-state index contributed by atoms with van der Waals surface area (Å²) in [5.41, 5.74) is 0.951. The quantitative estimate of drug-likeness (QED) is 0.629. The van der Waals surface area contributed by atoms with Crippen molar-refractivity contribution in [2.75, 3.05) is 0 Å². The molecule has 2 radical (unpaired) electrons. The van der Waals surface area contributed by atoms with Gasteiger partial charge < -0.3 is 0 Å². The van der Waals surface area contributed by atoms with Crippen LogP contribution in [-0.4, -0.2) is 32.1 Å². The van der Waals surface area contributed by atoms with E-state index in [1.165, 1.54) is 24.2 Å². The van der Waals surface area contributed by atoms with E-state index in [1.807, 2.05) is 33.9 Å². The second-order valence-electron chi connectivity index (χ2n) is 3.54. The van der Waals surface area contributed by atoms with Crippen LogP contribution in [0.4, 0.5) is 0 Å². The molecule has 0 N–H and O–H groups in total. The molecule has 0 unspecified atom stereocenters. The summed E-state index contributed by atoms with van der Waals surface area (Å²) >= 11 is 1.50. The summed E-state index contributed by atoms with van der Waals surface area (Å²) in [5, 5.41) is 2.35. The van der Waals surface area contributed by atoms with Crippen LogP contribution in [0.3, 0.4) is 0 Å². The van der Waals surface area contributed by atoms with Gasteiger partial charge in [-0.05, 0) is 0 Å². The third kappa shape index (κ3) is 1.47. The topological polar surface area (TPSA) is 30.7 Å². The standard InChI is InChI=1S/C12H8N3.Ga/c1-2-4-10-9(3-1)5-6-13-11(10)12-14-7-8-15-12;/h1-8H;/q-1;+1. The molecule has 4 heteroatoms. The number of rotatable bonds is 1. The number of imidazole rings is 1. The molecule has 0 aliphatic carbocycles. The first-order valence-corrected chi connectivity index (χ1v) is 6.07. The van der Waals surface area contributed by atoms with Crippen LogP contribution in [0.15, 0.2) is 48.9 Å². The van der Waals surface area contributed by atoms with E-state index in [1.54, 1.807) is 6.20 Å². The summed E-state index contributed by atoms with van der Waals surface area (Å²) in [6, 6.07) is 10.3.